The summed E-state index contributed by atoms with van der Waals surface area (Å²) in [6, 6.07) is 20.1. The summed E-state index contributed by atoms with van der Waals surface area (Å²) >= 11 is 0. The standard InChI is InChI=1S/C14H13BN2O/c1-3-7-12(8-4-1)14-11-18-15(17-16-14)13-9-5-2-6-10-13/h1-10,17H,11H2. The molecule has 3 nitrogen and oxygen atoms in total. The molecule has 0 fully saturated rings. The van der Waals surface area contributed by atoms with E-state index in [1.54, 1.807) is 0 Å². The minimum Gasteiger partial charge on any atom is -0.406 e. The zero-order valence-electron chi connectivity index (χ0n) is 9.91. The molecule has 88 valence electrons. The van der Waals surface area contributed by atoms with Crippen LogP contribution in [-0.4, -0.2) is 19.4 Å². The maximum Gasteiger partial charge on any atom is 0.466 e. The van der Waals surface area contributed by atoms with Crippen molar-refractivity contribution < 1.29 is 4.65 Å². The Kier molecular flexibility index (Phi) is 3.11. The second kappa shape index (κ2) is 5.06. The van der Waals surface area contributed by atoms with E-state index in [0.717, 1.165) is 16.7 Å². The van der Waals surface area contributed by atoms with Crippen molar-refractivity contribution in [2.45, 2.75) is 0 Å². The molecular formula is C14H13BN2O. The van der Waals surface area contributed by atoms with Gasteiger partial charge >= 0.3 is 7.05 Å². The number of hydrazone groups is 1. The first-order chi connectivity index (χ1) is 8.93. The van der Waals surface area contributed by atoms with Crippen molar-refractivity contribution in [3.8, 4) is 0 Å². The van der Waals surface area contributed by atoms with Gasteiger partial charge < -0.3 is 9.99 Å². The Balaban J connectivity index is 1.76. The van der Waals surface area contributed by atoms with Crippen molar-refractivity contribution in [1.29, 1.82) is 0 Å². The lowest BCUT2D eigenvalue weighted by molar-refractivity contribution is 0.369. The molecule has 1 aliphatic rings. The van der Waals surface area contributed by atoms with Gasteiger partial charge in [0.1, 0.15) is 0 Å². The van der Waals surface area contributed by atoms with Gasteiger partial charge in [-0.05, 0) is 11.0 Å². The highest BCUT2D eigenvalue weighted by molar-refractivity contribution is 6.65. The van der Waals surface area contributed by atoms with Gasteiger partial charge in [0.15, 0.2) is 0 Å². The fraction of sp³-hybridized carbons (Fsp3) is 0.0714. The van der Waals surface area contributed by atoms with Crippen LogP contribution in [-0.2, 0) is 4.65 Å². The zero-order chi connectivity index (χ0) is 12.2. The van der Waals surface area contributed by atoms with Gasteiger partial charge in [-0.15, -0.1) is 0 Å². The molecule has 1 heterocycles. The Morgan fingerprint density at radius 2 is 1.61 bits per heavy atom. The summed E-state index contributed by atoms with van der Waals surface area (Å²) in [6.45, 7) is 0.524. The van der Waals surface area contributed by atoms with Crippen molar-refractivity contribution in [3.05, 3.63) is 66.2 Å². The Labute approximate surface area is 107 Å². The molecule has 2 aromatic carbocycles. The Morgan fingerprint density at radius 1 is 0.944 bits per heavy atom. The second-order valence-corrected chi connectivity index (χ2v) is 4.16. The molecule has 0 bridgehead atoms. The van der Waals surface area contributed by atoms with Crippen molar-refractivity contribution in [2.24, 2.45) is 5.10 Å². The first-order valence-corrected chi connectivity index (χ1v) is 5.97. The van der Waals surface area contributed by atoms with E-state index in [0.29, 0.717) is 6.61 Å². The molecule has 18 heavy (non-hydrogen) atoms. The van der Waals surface area contributed by atoms with Crippen molar-refractivity contribution in [2.75, 3.05) is 6.61 Å². The van der Waals surface area contributed by atoms with E-state index in [1.165, 1.54) is 0 Å². The molecule has 3 rings (SSSR count). The van der Waals surface area contributed by atoms with Gasteiger partial charge in [-0.1, -0.05) is 60.7 Å². The molecule has 0 spiro atoms. The first-order valence-electron chi connectivity index (χ1n) is 5.97. The number of nitrogens with zero attached hydrogens (tertiary/aromatic N) is 1. The van der Waals surface area contributed by atoms with Crippen LogP contribution < -0.4 is 10.8 Å². The van der Waals surface area contributed by atoms with Crippen LogP contribution in [0.2, 0.25) is 0 Å². The number of rotatable bonds is 2. The summed E-state index contributed by atoms with van der Waals surface area (Å²) in [7, 11) is -0.154. The monoisotopic (exact) mass is 236 g/mol. The lowest BCUT2D eigenvalue weighted by atomic mass is 9.74. The number of nitrogens with one attached hydrogen (secondary N) is 1. The third-order valence-corrected chi connectivity index (χ3v) is 2.91. The van der Waals surface area contributed by atoms with Crippen LogP contribution in [0, 0.1) is 0 Å². The Hall–Kier alpha value is -2.07. The van der Waals surface area contributed by atoms with Crippen molar-refractivity contribution >= 4 is 18.2 Å². The van der Waals surface area contributed by atoms with Gasteiger partial charge in [0.05, 0.1) is 12.3 Å². The van der Waals surface area contributed by atoms with Gasteiger partial charge in [0.25, 0.3) is 0 Å². The maximum atomic E-state index is 5.79. The van der Waals surface area contributed by atoms with Gasteiger partial charge in [-0.25, -0.2) is 0 Å². The number of hydrogen-bond donors (Lipinski definition) is 1. The van der Waals surface area contributed by atoms with Gasteiger partial charge in [-0.2, -0.15) is 5.10 Å². The van der Waals surface area contributed by atoms with Crippen LogP contribution in [0.15, 0.2) is 65.8 Å². The molecule has 0 amide bonds. The summed E-state index contributed by atoms with van der Waals surface area (Å²) in [4.78, 5) is 0. The highest BCUT2D eigenvalue weighted by atomic mass is 16.4. The normalized spacial score (nSPS) is 14.9. The van der Waals surface area contributed by atoms with Gasteiger partial charge in [-0.3, -0.25) is 0 Å². The van der Waals surface area contributed by atoms with Crippen molar-refractivity contribution in [3.63, 3.8) is 0 Å². The predicted molar refractivity (Wildman–Crippen MR) is 73.9 cm³/mol. The summed E-state index contributed by atoms with van der Waals surface area (Å²) in [5, 5.41) is 7.45. The van der Waals surface area contributed by atoms with Gasteiger partial charge in [0.2, 0.25) is 0 Å². The fourth-order valence-electron chi connectivity index (χ4n) is 1.95. The van der Waals surface area contributed by atoms with Crippen LogP contribution in [0.25, 0.3) is 0 Å². The SMILES string of the molecule is c1ccc(B2NN=C(c3ccccc3)CO2)cc1. The topological polar surface area (TPSA) is 33.6 Å². The molecule has 0 unspecified atom stereocenters. The minimum absolute atomic E-state index is 0.154. The van der Waals surface area contributed by atoms with E-state index in [4.69, 9.17) is 4.65 Å². The largest absolute Gasteiger partial charge is 0.466 e. The molecule has 1 aliphatic heterocycles. The molecule has 0 radical (unpaired) electrons. The molecule has 0 saturated carbocycles. The highest BCUT2D eigenvalue weighted by Gasteiger charge is 2.23. The van der Waals surface area contributed by atoms with Crippen molar-refractivity contribution in [1.82, 2.24) is 5.34 Å². The molecule has 0 aliphatic carbocycles. The molecule has 2 aromatic rings. The second-order valence-electron chi connectivity index (χ2n) is 4.16. The van der Waals surface area contributed by atoms with Crippen LogP contribution >= 0.6 is 0 Å². The first kappa shape index (κ1) is 11.0. The summed E-state index contributed by atoms with van der Waals surface area (Å²) < 4.78 is 5.79. The Bertz CT molecular complexity index is 542. The molecule has 0 saturated heterocycles. The predicted octanol–water partition coefficient (Wildman–Crippen LogP) is 1.41. The van der Waals surface area contributed by atoms with E-state index in [1.807, 2.05) is 60.7 Å². The summed E-state index contributed by atoms with van der Waals surface area (Å²) in [6.07, 6.45) is 0. The van der Waals surface area contributed by atoms with E-state index in [9.17, 15) is 0 Å². The third-order valence-electron chi connectivity index (χ3n) is 2.91. The van der Waals surface area contributed by atoms with Crippen LogP contribution in [0.4, 0.5) is 0 Å². The van der Waals surface area contributed by atoms with E-state index in [2.05, 4.69) is 10.4 Å². The smallest absolute Gasteiger partial charge is 0.406 e. The molecule has 1 N–H and O–H groups in total. The quantitative estimate of drug-likeness (QED) is 0.799. The van der Waals surface area contributed by atoms with Gasteiger partial charge in [0, 0.05) is 0 Å². The molecule has 4 heteroatoms. The summed E-state index contributed by atoms with van der Waals surface area (Å²) in [5.74, 6) is 0. The van der Waals surface area contributed by atoms with E-state index < -0.39 is 0 Å². The van der Waals surface area contributed by atoms with E-state index in [-0.39, 0.29) is 7.05 Å². The lowest BCUT2D eigenvalue weighted by Gasteiger charge is -2.20. The summed E-state index contributed by atoms with van der Waals surface area (Å²) in [5.41, 5.74) is 3.12. The van der Waals surface area contributed by atoms with Crippen LogP contribution in [0.3, 0.4) is 0 Å². The third kappa shape index (κ3) is 2.29. The number of benzene rings is 2. The van der Waals surface area contributed by atoms with E-state index >= 15 is 0 Å². The Morgan fingerprint density at radius 3 is 2.22 bits per heavy atom. The highest BCUT2D eigenvalue weighted by Crippen LogP contribution is 2.05. The number of hydrogen-bond acceptors (Lipinski definition) is 3. The molecule has 0 aromatic heterocycles. The fourth-order valence-corrected chi connectivity index (χ4v) is 1.95. The van der Waals surface area contributed by atoms with Crippen LogP contribution in [0.5, 0.6) is 0 Å². The minimum atomic E-state index is -0.154. The zero-order valence-corrected chi connectivity index (χ0v) is 9.91. The average molecular weight is 236 g/mol. The molecule has 0 atom stereocenters. The molecular weight excluding hydrogens is 223 g/mol. The lowest BCUT2D eigenvalue weighted by Crippen LogP contribution is -2.49. The van der Waals surface area contributed by atoms with Crippen LogP contribution in [0.1, 0.15) is 5.56 Å². The average Bonchev–Trinajstić information content (AvgIpc) is 2.49. The maximum absolute atomic E-state index is 5.79.